The summed E-state index contributed by atoms with van der Waals surface area (Å²) in [5, 5.41) is 6.45. The van der Waals surface area contributed by atoms with Gasteiger partial charge in [0.15, 0.2) is 0 Å². The van der Waals surface area contributed by atoms with E-state index in [9.17, 15) is 0 Å². The second-order valence-corrected chi connectivity index (χ2v) is 13.5. The summed E-state index contributed by atoms with van der Waals surface area (Å²) >= 11 is 0. The van der Waals surface area contributed by atoms with E-state index in [2.05, 4.69) is 161 Å². The average molecular weight is 775 g/mol. The molecule has 0 saturated carbocycles. The van der Waals surface area contributed by atoms with E-state index in [0.29, 0.717) is 0 Å². The number of rotatable bonds is 5. The fourth-order valence-corrected chi connectivity index (χ4v) is 6.18. The van der Waals surface area contributed by atoms with Crippen molar-refractivity contribution >= 4 is 38.9 Å². The van der Waals surface area contributed by atoms with E-state index < -0.39 is 0 Å². The van der Waals surface area contributed by atoms with Crippen molar-refractivity contribution in [3.05, 3.63) is 126 Å². The Hall–Kier alpha value is -3.92. The largest absolute Gasteiger partial charge is 0.319 e. The molecule has 3 heterocycles. The van der Waals surface area contributed by atoms with Crippen LogP contribution in [0.2, 0.25) is 0 Å². The van der Waals surface area contributed by atoms with Gasteiger partial charge in [0.2, 0.25) is 0 Å². The van der Waals surface area contributed by atoms with Gasteiger partial charge in [0.25, 0.3) is 0 Å². The van der Waals surface area contributed by atoms with E-state index in [-0.39, 0.29) is 37.9 Å². The number of para-hydroxylation sites is 3. The minimum atomic E-state index is -0.372. The first kappa shape index (κ1) is 31.1. The zero-order chi connectivity index (χ0) is 30.8. The molecule has 1 aliphatic heterocycles. The molecule has 0 amide bonds. The minimum Gasteiger partial charge on any atom is -0.319 e. The Morgan fingerprint density at radius 1 is 0.733 bits per heavy atom. The minimum absolute atomic E-state index is 0. The maximum absolute atomic E-state index is 4.97. The predicted molar refractivity (Wildman–Crippen MR) is 182 cm³/mol. The smallest absolute Gasteiger partial charge is 0.145 e. The van der Waals surface area contributed by atoms with E-state index in [4.69, 9.17) is 9.92 Å². The number of hydrogen-bond donors (Lipinski definition) is 0. The molecule has 0 radical (unpaired) electrons. The molecule has 0 aliphatic carbocycles. The number of aromatic nitrogens is 2. The van der Waals surface area contributed by atoms with Crippen LogP contribution in [0.15, 0.2) is 97.2 Å². The van der Waals surface area contributed by atoms with Gasteiger partial charge in [-0.05, 0) is 66.0 Å². The molecule has 1 N–H and O–H groups in total. The van der Waals surface area contributed by atoms with Gasteiger partial charge in [-0.3, -0.25) is 0 Å². The molecule has 2 aromatic heterocycles. The molecular formula is C39H39N4OPt-. The van der Waals surface area contributed by atoms with E-state index in [0.717, 1.165) is 45.0 Å². The van der Waals surface area contributed by atoms with Crippen molar-refractivity contribution in [3.63, 3.8) is 0 Å². The molecule has 232 valence electrons. The van der Waals surface area contributed by atoms with Crippen LogP contribution < -0.4 is 10.1 Å². The van der Waals surface area contributed by atoms with Crippen LogP contribution >= 0.6 is 0 Å². The Morgan fingerprint density at radius 2 is 1.44 bits per heavy atom. The predicted octanol–water partition coefficient (Wildman–Crippen LogP) is 9.61. The third-order valence-electron chi connectivity index (χ3n) is 8.81. The van der Waals surface area contributed by atoms with Crippen LogP contribution in [0, 0.1) is 12.1 Å². The molecule has 0 atom stereocenters. The standard InChI is InChI=1S/C39H38N4O.Pt/c1-26(2)42-34-17-10-11-18-35(34)43(44-42)30-14-12-13-28(23-30)39(6,7)29-19-20-32-31-15-8-9-16-33(31)41(36(32)24-29)37-25-27(21-22-40-37)38(3,4)5;/h8-22,25-26H,1-7H3;/q-2;/p+1. The van der Waals surface area contributed by atoms with Gasteiger partial charge < -0.3 is 4.57 Å². The van der Waals surface area contributed by atoms with Crippen LogP contribution in [0.1, 0.15) is 65.2 Å². The Morgan fingerprint density at radius 3 is 2.20 bits per heavy atom. The van der Waals surface area contributed by atoms with Crippen LogP contribution in [0.5, 0.6) is 0 Å². The summed E-state index contributed by atoms with van der Waals surface area (Å²) in [6, 6.07) is 39.9. The molecule has 0 unspecified atom stereocenters. The summed E-state index contributed by atoms with van der Waals surface area (Å²) in [7, 11) is 0. The van der Waals surface area contributed by atoms with E-state index >= 15 is 0 Å². The second kappa shape index (κ2) is 11.5. The van der Waals surface area contributed by atoms with Gasteiger partial charge in [0.05, 0.1) is 6.04 Å². The van der Waals surface area contributed by atoms with Crippen molar-refractivity contribution in [1.29, 1.82) is 0 Å². The first-order valence-corrected chi connectivity index (χ1v) is 15.4. The van der Waals surface area contributed by atoms with Crippen molar-refractivity contribution < 1.29 is 26.0 Å². The Labute approximate surface area is 280 Å². The van der Waals surface area contributed by atoms with Crippen LogP contribution in [0.3, 0.4) is 0 Å². The summed E-state index contributed by atoms with van der Waals surface area (Å²) in [5.41, 5.74) is 8.32. The van der Waals surface area contributed by atoms with Gasteiger partial charge >= 0.3 is 0 Å². The van der Waals surface area contributed by atoms with E-state index in [1.54, 1.807) is 0 Å². The normalized spacial score (nSPS) is 13.5. The quantitative estimate of drug-likeness (QED) is 0.129. The van der Waals surface area contributed by atoms with Gasteiger partial charge in [-0.25, -0.2) is 4.98 Å². The van der Waals surface area contributed by atoms with Crippen LogP contribution in [-0.2, 0) is 31.9 Å². The third-order valence-corrected chi connectivity index (χ3v) is 8.81. The van der Waals surface area contributed by atoms with Crippen molar-refractivity contribution in [1.82, 2.24) is 9.55 Å². The Kier molecular flexibility index (Phi) is 7.91. The number of benzene rings is 4. The molecule has 0 bridgehead atoms. The number of hydrogen-bond acceptors (Lipinski definition) is 3. The fourth-order valence-electron chi connectivity index (χ4n) is 6.18. The van der Waals surface area contributed by atoms with Crippen LogP contribution in [-0.4, -0.2) is 20.5 Å². The van der Waals surface area contributed by atoms with Gasteiger partial charge in [-0.2, -0.15) is 46.4 Å². The summed E-state index contributed by atoms with van der Waals surface area (Å²) in [6.07, 6.45) is 1.92. The number of fused-ring (bicyclic) bond motifs is 4. The topological polar surface area (TPSA) is 37.1 Å². The molecule has 6 heteroatoms. The molecule has 6 aromatic rings. The molecule has 0 fully saturated rings. The summed E-state index contributed by atoms with van der Waals surface area (Å²) < 4.78 is 2.26. The monoisotopic (exact) mass is 774 g/mol. The Balaban J connectivity index is 0.00000357. The zero-order valence-electron chi connectivity index (χ0n) is 26.9. The van der Waals surface area contributed by atoms with E-state index in [1.165, 1.54) is 16.3 Å². The van der Waals surface area contributed by atoms with Gasteiger partial charge in [0, 0.05) is 38.5 Å². The number of hydroxylamine groups is 1. The molecular weight excluding hydrogens is 736 g/mol. The second-order valence-electron chi connectivity index (χ2n) is 13.5. The van der Waals surface area contributed by atoms with Gasteiger partial charge in [-0.15, -0.1) is 27.6 Å². The van der Waals surface area contributed by atoms with Gasteiger partial charge in [0.1, 0.15) is 17.2 Å². The number of pyridine rings is 1. The summed E-state index contributed by atoms with van der Waals surface area (Å²) in [4.78, 5) is 9.83. The first-order valence-electron chi connectivity index (χ1n) is 15.4. The zero-order valence-corrected chi connectivity index (χ0v) is 29.1. The average Bonchev–Trinajstić information content (AvgIpc) is 3.57. The number of anilines is 3. The van der Waals surface area contributed by atoms with Gasteiger partial charge in [-0.1, -0.05) is 70.5 Å². The molecule has 1 aliphatic rings. The van der Waals surface area contributed by atoms with Crippen molar-refractivity contribution in [2.24, 2.45) is 0 Å². The van der Waals surface area contributed by atoms with Crippen molar-refractivity contribution in [2.45, 2.75) is 65.3 Å². The van der Waals surface area contributed by atoms with E-state index in [1.807, 2.05) is 11.3 Å². The molecule has 4 aromatic carbocycles. The first-order chi connectivity index (χ1) is 21.0. The van der Waals surface area contributed by atoms with Crippen LogP contribution in [0.25, 0.3) is 27.6 Å². The molecule has 5 nitrogen and oxygen atoms in total. The molecule has 45 heavy (non-hydrogen) atoms. The maximum Gasteiger partial charge on any atom is 0.145 e. The third kappa shape index (κ3) is 5.26. The molecule has 0 saturated heterocycles. The van der Waals surface area contributed by atoms with Crippen LogP contribution in [0.4, 0.5) is 17.1 Å². The SMILES string of the molecule is CC(C)N1[OH+]N(c2[c-]c(C(C)(C)c3[c-]c4c(cc3)c3ccccc3n4-c3cc(C(C)(C)C)ccn3)ccc2)c2ccccc21.[Pt]. The van der Waals surface area contributed by atoms with Crippen molar-refractivity contribution in [3.8, 4) is 5.82 Å². The Bertz CT molecular complexity index is 2020. The summed E-state index contributed by atoms with van der Waals surface area (Å²) in [6.45, 7) is 15.5. The number of nitrogens with zero attached hydrogens (tertiary/aromatic N) is 4. The molecule has 0 spiro atoms. The summed E-state index contributed by atoms with van der Waals surface area (Å²) in [5.74, 6) is 0.910. The van der Waals surface area contributed by atoms with Crippen molar-refractivity contribution in [2.75, 3.05) is 10.1 Å². The maximum atomic E-state index is 4.97. The molecule has 7 rings (SSSR count). The fraction of sp³-hybridized carbons (Fsp3) is 0.256.